The van der Waals surface area contributed by atoms with E-state index in [0.717, 1.165) is 19.3 Å². The van der Waals surface area contributed by atoms with Gasteiger partial charge >= 0.3 is 0 Å². The van der Waals surface area contributed by atoms with Crippen molar-refractivity contribution in [2.75, 3.05) is 13.1 Å². The van der Waals surface area contributed by atoms with E-state index >= 15 is 0 Å². The molecular weight excluding hydrogens is 250 g/mol. The maximum absolute atomic E-state index is 12.0. The standard InChI is InChI=1S/C12H19N3O4/c13-10(17)9(16)6-14-11(18)8-2-1-5-15(8)12(19)7-3-4-7/h7-9,16H,1-6H2,(H2,13,17)(H,14,18). The topological polar surface area (TPSA) is 113 Å². The second kappa shape index (κ2) is 5.56. The highest BCUT2D eigenvalue weighted by molar-refractivity contribution is 5.90. The molecule has 1 saturated carbocycles. The number of primary amides is 1. The summed E-state index contributed by atoms with van der Waals surface area (Å²) in [5, 5.41) is 11.7. The van der Waals surface area contributed by atoms with Gasteiger partial charge in [0.15, 0.2) is 0 Å². The fraction of sp³-hybridized carbons (Fsp3) is 0.750. The molecule has 1 heterocycles. The zero-order chi connectivity index (χ0) is 14.0. The molecule has 7 heteroatoms. The average molecular weight is 269 g/mol. The summed E-state index contributed by atoms with van der Waals surface area (Å²) in [6, 6.07) is -0.479. The van der Waals surface area contributed by atoms with Gasteiger partial charge in [0.2, 0.25) is 17.7 Å². The van der Waals surface area contributed by atoms with Crippen LogP contribution >= 0.6 is 0 Å². The van der Waals surface area contributed by atoms with Gasteiger partial charge in [0, 0.05) is 12.5 Å². The smallest absolute Gasteiger partial charge is 0.248 e. The summed E-state index contributed by atoms with van der Waals surface area (Å²) in [6.45, 7) is 0.391. The first-order valence-electron chi connectivity index (χ1n) is 6.56. The van der Waals surface area contributed by atoms with E-state index in [0.29, 0.717) is 13.0 Å². The average Bonchev–Trinajstić information content (AvgIpc) is 3.11. The van der Waals surface area contributed by atoms with E-state index in [9.17, 15) is 19.5 Å². The molecule has 106 valence electrons. The molecule has 3 amide bonds. The minimum Gasteiger partial charge on any atom is -0.381 e. The van der Waals surface area contributed by atoms with Crippen molar-refractivity contribution in [2.45, 2.75) is 37.8 Å². The van der Waals surface area contributed by atoms with Crippen LogP contribution in [0.3, 0.4) is 0 Å². The maximum Gasteiger partial charge on any atom is 0.248 e. The van der Waals surface area contributed by atoms with Crippen LogP contribution in [0.4, 0.5) is 0 Å². The molecule has 0 aromatic carbocycles. The van der Waals surface area contributed by atoms with Gasteiger partial charge in [-0.05, 0) is 25.7 Å². The second-order valence-corrected chi connectivity index (χ2v) is 5.13. The first kappa shape index (κ1) is 13.8. The first-order chi connectivity index (χ1) is 9.00. The lowest BCUT2D eigenvalue weighted by molar-refractivity contribution is -0.139. The fourth-order valence-electron chi connectivity index (χ4n) is 2.28. The molecule has 0 aromatic rings. The Kier molecular flexibility index (Phi) is 4.04. The quantitative estimate of drug-likeness (QED) is 0.555. The summed E-state index contributed by atoms with van der Waals surface area (Å²) in [6.07, 6.45) is 1.85. The SMILES string of the molecule is NC(=O)C(O)CNC(=O)C1CCCN1C(=O)C1CC1. The van der Waals surface area contributed by atoms with E-state index in [1.807, 2.05) is 0 Å². The number of hydrogen-bond donors (Lipinski definition) is 3. The third-order valence-electron chi connectivity index (χ3n) is 3.56. The van der Waals surface area contributed by atoms with E-state index in [1.54, 1.807) is 4.90 Å². The van der Waals surface area contributed by atoms with Crippen molar-refractivity contribution in [3.63, 3.8) is 0 Å². The Hall–Kier alpha value is -1.63. The minimum atomic E-state index is -1.39. The number of hydrogen-bond acceptors (Lipinski definition) is 4. The van der Waals surface area contributed by atoms with Gasteiger partial charge in [0.05, 0.1) is 6.54 Å². The van der Waals surface area contributed by atoms with Crippen LogP contribution < -0.4 is 11.1 Å². The van der Waals surface area contributed by atoms with E-state index in [2.05, 4.69) is 5.32 Å². The molecule has 2 atom stereocenters. The zero-order valence-electron chi connectivity index (χ0n) is 10.7. The molecule has 1 aliphatic carbocycles. The lowest BCUT2D eigenvalue weighted by atomic mass is 10.2. The summed E-state index contributed by atoms with van der Waals surface area (Å²) < 4.78 is 0. The summed E-state index contributed by atoms with van der Waals surface area (Å²) in [7, 11) is 0. The molecule has 1 aliphatic heterocycles. The number of carbonyl (C=O) groups is 3. The Morgan fingerprint density at radius 1 is 1.32 bits per heavy atom. The number of nitrogens with zero attached hydrogens (tertiary/aromatic N) is 1. The van der Waals surface area contributed by atoms with Gasteiger partial charge < -0.3 is 21.1 Å². The molecule has 4 N–H and O–H groups in total. The Morgan fingerprint density at radius 2 is 2.00 bits per heavy atom. The molecule has 19 heavy (non-hydrogen) atoms. The van der Waals surface area contributed by atoms with E-state index < -0.39 is 18.1 Å². The number of likely N-dealkylation sites (tertiary alicyclic amines) is 1. The lowest BCUT2D eigenvalue weighted by Crippen LogP contribution is -2.49. The van der Waals surface area contributed by atoms with Crippen molar-refractivity contribution in [3.8, 4) is 0 Å². The predicted octanol–water partition coefficient (Wildman–Crippen LogP) is -1.65. The molecule has 2 fully saturated rings. The van der Waals surface area contributed by atoms with Gasteiger partial charge in [-0.15, -0.1) is 0 Å². The van der Waals surface area contributed by atoms with Gasteiger partial charge in [-0.3, -0.25) is 14.4 Å². The molecule has 2 rings (SSSR count). The van der Waals surface area contributed by atoms with Crippen molar-refractivity contribution in [2.24, 2.45) is 11.7 Å². The number of aliphatic hydroxyl groups is 1. The monoisotopic (exact) mass is 269 g/mol. The van der Waals surface area contributed by atoms with Crippen LogP contribution in [0.15, 0.2) is 0 Å². The molecule has 0 radical (unpaired) electrons. The van der Waals surface area contributed by atoms with Crippen molar-refractivity contribution in [3.05, 3.63) is 0 Å². The normalized spacial score (nSPS) is 24.1. The second-order valence-electron chi connectivity index (χ2n) is 5.13. The Balaban J connectivity index is 1.86. The van der Waals surface area contributed by atoms with Crippen molar-refractivity contribution in [1.82, 2.24) is 10.2 Å². The van der Waals surface area contributed by atoms with Gasteiger partial charge in [0.25, 0.3) is 0 Å². The lowest BCUT2D eigenvalue weighted by Gasteiger charge is -2.24. The van der Waals surface area contributed by atoms with E-state index in [1.165, 1.54) is 0 Å². The Labute approximate surface area is 111 Å². The van der Waals surface area contributed by atoms with Gasteiger partial charge in [-0.25, -0.2) is 0 Å². The Bertz CT molecular complexity index is 394. The summed E-state index contributed by atoms with van der Waals surface area (Å²) in [4.78, 5) is 36.2. The van der Waals surface area contributed by atoms with Crippen LogP contribution in [0.5, 0.6) is 0 Å². The van der Waals surface area contributed by atoms with E-state index in [4.69, 9.17) is 5.73 Å². The summed E-state index contributed by atoms with van der Waals surface area (Å²) >= 11 is 0. The molecule has 2 unspecified atom stereocenters. The number of rotatable bonds is 5. The first-order valence-corrected chi connectivity index (χ1v) is 6.56. The largest absolute Gasteiger partial charge is 0.381 e. The summed E-state index contributed by atoms with van der Waals surface area (Å²) in [5.74, 6) is -1.07. The fourth-order valence-corrected chi connectivity index (χ4v) is 2.28. The minimum absolute atomic E-state index is 0.0492. The van der Waals surface area contributed by atoms with Crippen molar-refractivity contribution < 1.29 is 19.5 Å². The molecule has 0 bridgehead atoms. The number of aliphatic hydroxyl groups excluding tert-OH is 1. The van der Waals surface area contributed by atoms with Crippen LogP contribution in [-0.4, -0.2) is 53.0 Å². The predicted molar refractivity (Wildman–Crippen MR) is 65.7 cm³/mol. The third-order valence-corrected chi connectivity index (χ3v) is 3.56. The summed E-state index contributed by atoms with van der Waals surface area (Å²) in [5.41, 5.74) is 4.89. The van der Waals surface area contributed by atoms with Crippen LogP contribution in [0.1, 0.15) is 25.7 Å². The van der Waals surface area contributed by atoms with Crippen LogP contribution in [0.2, 0.25) is 0 Å². The molecule has 0 aromatic heterocycles. The molecule has 1 saturated heterocycles. The number of nitrogens with two attached hydrogens (primary N) is 1. The van der Waals surface area contributed by atoms with E-state index in [-0.39, 0.29) is 24.3 Å². The molecule has 0 spiro atoms. The van der Waals surface area contributed by atoms with Crippen molar-refractivity contribution >= 4 is 17.7 Å². The van der Waals surface area contributed by atoms with Crippen LogP contribution in [-0.2, 0) is 14.4 Å². The van der Waals surface area contributed by atoms with Gasteiger partial charge in [0.1, 0.15) is 12.1 Å². The highest BCUT2D eigenvalue weighted by atomic mass is 16.3. The molecule has 2 aliphatic rings. The van der Waals surface area contributed by atoms with Gasteiger partial charge in [-0.2, -0.15) is 0 Å². The number of amides is 3. The highest BCUT2D eigenvalue weighted by Crippen LogP contribution is 2.33. The number of nitrogens with one attached hydrogen (secondary N) is 1. The van der Waals surface area contributed by atoms with Crippen LogP contribution in [0.25, 0.3) is 0 Å². The maximum atomic E-state index is 12.0. The Morgan fingerprint density at radius 3 is 2.58 bits per heavy atom. The van der Waals surface area contributed by atoms with Gasteiger partial charge in [-0.1, -0.05) is 0 Å². The molecule has 7 nitrogen and oxygen atoms in total. The van der Waals surface area contributed by atoms with Crippen LogP contribution in [0, 0.1) is 5.92 Å². The molecular formula is C12H19N3O4. The third kappa shape index (κ3) is 3.23. The van der Waals surface area contributed by atoms with Crippen molar-refractivity contribution in [1.29, 1.82) is 0 Å². The number of carbonyl (C=O) groups excluding carboxylic acids is 3. The zero-order valence-corrected chi connectivity index (χ0v) is 10.7. The highest BCUT2D eigenvalue weighted by Gasteiger charge is 2.40.